The van der Waals surface area contributed by atoms with Gasteiger partial charge in [-0.05, 0) is 84.6 Å². The normalized spacial score (nSPS) is 25.7. The number of fused-ring (bicyclic) bond motifs is 2. The van der Waals surface area contributed by atoms with Gasteiger partial charge in [0.1, 0.15) is 0 Å². The van der Waals surface area contributed by atoms with Crippen molar-refractivity contribution in [2.45, 2.75) is 104 Å². The van der Waals surface area contributed by atoms with Gasteiger partial charge in [0, 0.05) is 32.2 Å². The molecule has 2 fully saturated rings. The van der Waals surface area contributed by atoms with E-state index < -0.39 is 0 Å². The average molecular weight is 707 g/mol. The molecular formula is C35H48IrNO2-. The molecule has 1 aromatic heterocycles. The number of rotatable bonds is 5. The maximum Gasteiger partial charge on any atom is 0.0651 e. The third kappa shape index (κ3) is 6.67. The number of nitrogens with zero attached hydrogens (tertiary/aromatic N) is 1. The van der Waals surface area contributed by atoms with Crippen LogP contribution in [0.3, 0.4) is 0 Å². The first-order valence-electron chi connectivity index (χ1n) is 15.1. The molecule has 215 valence electrons. The Bertz CT molecular complexity index is 1110. The van der Waals surface area contributed by atoms with Gasteiger partial charge in [0.15, 0.2) is 0 Å². The predicted octanol–water partition coefficient (Wildman–Crippen LogP) is 8.62. The molecule has 2 aromatic carbocycles. The molecule has 0 saturated heterocycles. The van der Waals surface area contributed by atoms with Crippen LogP contribution in [0.2, 0.25) is 0 Å². The minimum absolute atomic E-state index is 0. The van der Waals surface area contributed by atoms with Crippen molar-refractivity contribution in [1.82, 2.24) is 4.98 Å². The molecule has 39 heavy (non-hydrogen) atoms. The molecule has 4 heteroatoms. The molecule has 1 heterocycles. The number of benzene rings is 2. The molecule has 2 saturated carbocycles. The molecule has 0 spiro atoms. The molecule has 3 nitrogen and oxygen atoms in total. The van der Waals surface area contributed by atoms with Gasteiger partial charge < -0.3 is 15.2 Å². The van der Waals surface area contributed by atoms with E-state index in [0.717, 1.165) is 49.8 Å². The summed E-state index contributed by atoms with van der Waals surface area (Å²) < 4.78 is 0. The SMILES string of the molecule is CCC1(CC)CCCC2CCCC(CC)(CC)C(O)C2C1O.[Ir].[c-]1ccccc1-c1cc2ccccc2cn1. The minimum Gasteiger partial charge on any atom is -0.392 e. The van der Waals surface area contributed by atoms with E-state index in [9.17, 15) is 10.2 Å². The van der Waals surface area contributed by atoms with Crippen LogP contribution in [0.1, 0.15) is 91.9 Å². The van der Waals surface area contributed by atoms with Crippen molar-refractivity contribution in [3.63, 3.8) is 0 Å². The standard InChI is InChI=1S/C20H38O2.C15H10N.Ir/c1-5-19(6-2)13-9-11-15-12-10-14-20(7-3,8-4)18(22)16(15)17(19)21;1-2-6-12(7-3-1)15-10-13-8-4-5-9-14(13)11-16-15;/h15-18,21-22H,5-14H2,1-4H3;1-6,8-11H;/q;-1;. The van der Waals surface area contributed by atoms with Gasteiger partial charge in [-0.3, -0.25) is 0 Å². The van der Waals surface area contributed by atoms with Crippen molar-refractivity contribution in [1.29, 1.82) is 0 Å². The zero-order valence-corrected chi connectivity index (χ0v) is 26.7. The Morgan fingerprint density at radius 3 is 1.85 bits per heavy atom. The predicted molar refractivity (Wildman–Crippen MR) is 159 cm³/mol. The zero-order chi connectivity index (χ0) is 27.2. The van der Waals surface area contributed by atoms with Crippen LogP contribution in [0.15, 0.2) is 60.8 Å². The zero-order valence-electron chi connectivity index (χ0n) is 24.3. The number of hydrogen-bond acceptors (Lipinski definition) is 3. The second-order valence-corrected chi connectivity index (χ2v) is 11.8. The summed E-state index contributed by atoms with van der Waals surface area (Å²) in [5.74, 6) is 0.606. The fourth-order valence-electron chi connectivity index (χ4n) is 7.59. The van der Waals surface area contributed by atoms with Gasteiger partial charge in [-0.15, -0.1) is 35.9 Å². The van der Waals surface area contributed by atoms with Crippen LogP contribution in [-0.4, -0.2) is 27.4 Å². The largest absolute Gasteiger partial charge is 0.392 e. The third-order valence-corrected chi connectivity index (χ3v) is 10.5. The van der Waals surface area contributed by atoms with Crippen molar-refractivity contribution in [3.05, 3.63) is 66.9 Å². The molecule has 2 aliphatic carbocycles. The summed E-state index contributed by atoms with van der Waals surface area (Å²) >= 11 is 0. The minimum atomic E-state index is -0.333. The third-order valence-electron chi connectivity index (χ3n) is 10.5. The molecule has 3 aromatic rings. The van der Waals surface area contributed by atoms with Crippen LogP contribution in [0, 0.1) is 28.7 Å². The van der Waals surface area contributed by atoms with E-state index in [1.807, 2.05) is 42.6 Å². The van der Waals surface area contributed by atoms with Gasteiger partial charge in [0.25, 0.3) is 0 Å². The van der Waals surface area contributed by atoms with Crippen LogP contribution in [-0.2, 0) is 20.1 Å². The molecule has 0 amide bonds. The quantitative estimate of drug-likeness (QED) is 0.262. The first-order valence-corrected chi connectivity index (χ1v) is 15.1. The van der Waals surface area contributed by atoms with Crippen molar-refractivity contribution in [2.75, 3.05) is 0 Å². The average Bonchev–Trinajstić information content (AvgIpc) is 3.20. The van der Waals surface area contributed by atoms with Crippen LogP contribution >= 0.6 is 0 Å². The first kappa shape index (κ1) is 31.9. The first-order chi connectivity index (χ1) is 18.4. The molecule has 2 N–H and O–H groups in total. The van der Waals surface area contributed by atoms with E-state index >= 15 is 0 Å². The molecule has 2 aliphatic rings. The second-order valence-electron chi connectivity index (χ2n) is 11.8. The van der Waals surface area contributed by atoms with Crippen LogP contribution in [0.25, 0.3) is 22.0 Å². The van der Waals surface area contributed by atoms with E-state index in [0.29, 0.717) is 5.92 Å². The van der Waals surface area contributed by atoms with Gasteiger partial charge in [-0.2, -0.15) is 0 Å². The Morgan fingerprint density at radius 2 is 1.33 bits per heavy atom. The van der Waals surface area contributed by atoms with Gasteiger partial charge in [0.2, 0.25) is 0 Å². The molecule has 5 rings (SSSR count). The number of pyridine rings is 1. The molecule has 2 unspecified atom stereocenters. The molecule has 1 radical (unpaired) electrons. The van der Waals surface area contributed by atoms with Crippen molar-refractivity contribution in [3.8, 4) is 11.3 Å². The summed E-state index contributed by atoms with van der Waals surface area (Å²) in [5.41, 5.74) is 2.06. The smallest absolute Gasteiger partial charge is 0.0651 e. The van der Waals surface area contributed by atoms with Gasteiger partial charge in [-0.25, -0.2) is 0 Å². The monoisotopic (exact) mass is 707 g/mol. The van der Waals surface area contributed by atoms with Gasteiger partial charge in [0.05, 0.1) is 12.2 Å². The van der Waals surface area contributed by atoms with Crippen molar-refractivity contribution in [2.24, 2.45) is 22.7 Å². The Labute approximate surface area is 250 Å². The van der Waals surface area contributed by atoms with E-state index in [1.54, 1.807) is 0 Å². The number of aromatic nitrogens is 1. The van der Waals surface area contributed by atoms with Crippen LogP contribution in [0.5, 0.6) is 0 Å². The molecule has 2 atom stereocenters. The summed E-state index contributed by atoms with van der Waals surface area (Å²) in [7, 11) is 0. The fraction of sp³-hybridized carbons (Fsp3) is 0.571. The maximum absolute atomic E-state index is 11.4. The summed E-state index contributed by atoms with van der Waals surface area (Å²) in [6.07, 6.45) is 12.5. The summed E-state index contributed by atoms with van der Waals surface area (Å²) in [6, 6.07) is 21.4. The molecule has 0 bridgehead atoms. The van der Waals surface area contributed by atoms with E-state index in [4.69, 9.17) is 0 Å². The van der Waals surface area contributed by atoms with E-state index in [2.05, 4.69) is 56.9 Å². The van der Waals surface area contributed by atoms with Crippen LogP contribution in [0.4, 0.5) is 0 Å². The summed E-state index contributed by atoms with van der Waals surface area (Å²) in [4.78, 5) is 4.45. The number of aliphatic hydroxyl groups excluding tert-OH is 2. The van der Waals surface area contributed by atoms with E-state index in [1.165, 1.54) is 36.5 Å². The summed E-state index contributed by atoms with van der Waals surface area (Å²) in [5, 5.41) is 25.1. The Kier molecular flexibility index (Phi) is 11.8. The maximum atomic E-state index is 11.4. The molecular weight excluding hydrogens is 659 g/mol. The summed E-state index contributed by atoms with van der Waals surface area (Å²) in [6.45, 7) is 8.90. The Morgan fingerprint density at radius 1 is 0.795 bits per heavy atom. The Balaban J connectivity index is 0.000000219. The topological polar surface area (TPSA) is 53.4 Å². The van der Waals surface area contributed by atoms with Crippen molar-refractivity contribution < 1.29 is 30.3 Å². The van der Waals surface area contributed by atoms with Gasteiger partial charge >= 0.3 is 0 Å². The van der Waals surface area contributed by atoms with Crippen molar-refractivity contribution >= 4 is 10.8 Å². The second kappa shape index (κ2) is 14.4. The molecule has 0 aliphatic heterocycles. The van der Waals surface area contributed by atoms with E-state index in [-0.39, 0.29) is 49.1 Å². The fourth-order valence-corrected chi connectivity index (χ4v) is 7.59. The number of hydrogen-bond donors (Lipinski definition) is 2. The number of aliphatic hydroxyl groups is 2. The van der Waals surface area contributed by atoms with Crippen LogP contribution < -0.4 is 0 Å². The Hall–Kier alpha value is -1.58. The van der Waals surface area contributed by atoms with Gasteiger partial charge in [-0.1, -0.05) is 70.9 Å².